The summed E-state index contributed by atoms with van der Waals surface area (Å²) in [6.45, 7) is 1.19. The first-order chi connectivity index (χ1) is 10.9. The molecule has 1 N–H and O–H groups in total. The molecule has 23 heavy (non-hydrogen) atoms. The third-order valence-corrected chi connectivity index (χ3v) is 2.96. The smallest absolute Gasteiger partial charge is 0.336 e. The third-order valence-electron chi connectivity index (χ3n) is 2.96. The van der Waals surface area contributed by atoms with Crippen LogP contribution in [-0.2, 0) is 19.1 Å². The fourth-order valence-corrected chi connectivity index (χ4v) is 1.76. The van der Waals surface area contributed by atoms with Crippen molar-refractivity contribution in [1.82, 2.24) is 5.32 Å². The lowest BCUT2D eigenvalue weighted by Crippen LogP contribution is -2.45. The maximum absolute atomic E-state index is 11.8. The van der Waals surface area contributed by atoms with E-state index in [0.717, 1.165) is 7.11 Å². The van der Waals surface area contributed by atoms with Crippen molar-refractivity contribution >= 4 is 23.7 Å². The van der Waals surface area contributed by atoms with E-state index in [2.05, 4.69) is 10.1 Å². The second-order valence-electron chi connectivity index (χ2n) is 4.52. The number of carbonyl (C=O) groups excluding carboxylic acids is 3. The zero-order chi connectivity index (χ0) is 17.4. The Morgan fingerprint density at radius 2 is 1.74 bits per heavy atom. The highest BCUT2D eigenvalue weighted by atomic mass is 16.5. The molecule has 0 aromatic heterocycles. The summed E-state index contributed by atoms with van der Waals surface area (Å²) in [5.41, 5.74) is 0.690. The molecule has 0 saturated heterocycles. The number of hydrogen-bond donors (Lipinski definition) is 1. The molecule has 0 bridgehead atoms. The van der Waals surface area contributed by atoms with Crippen LogP contribution in [0.5, 0.6) is 11.5 Å². The lowest BCUT2D eigenvalue weighted by Gasteiger charge is -2.11. The van der Waals surface area contributed by atoms with E-state index in [9.17, 15) is 14.4 Å². The summed E-state index contributed by atoms with van der Waals surface area (Å²) in [4.78, 5) is 34.6. The molecular weight excluding hydrogens is 302 g/mol. The molecule has 1 amide bonds. The Morgan fingerprint density at radius 1 is 1.09 bits per heavy atom. The minimum Gasteiger partial charge on any atom is -0.493 e. The largest absolute Gasteiger partial charge is 0.493 e. The lowest BCUT2D eigenvalue weighted by molar-refractivity contribution is -0.147. The Morgan fingerprint density at radius 3 is 2.26 bits per heavy atom. The fraction of sp³-hybridized carbons (Fsp3) is 0.312. The Kier molecular flexibility index (Phi) is 6.79. The van der Waals surface area contributed by atoms with Gasteiger partial charge in [0.25, 0.3) is 0 Å². The van der Waals surface area contributed by atoms with Gasteiger partial charge in [-0.2, -0.15) is 0 Å². The molecule has 0 aliphatic carbocycles. The highest BCUT2D eigenvalue weighted by Gasteiger charge is 2.25. The number of carbonyl (C=O) groups is 3. The van der Waals surface area contributed by atoms with Crippen LogP contribution in [0, 0.1) is 0 Å². The molecule has 1 rings (SSSR count). The molecule has 7 heteroatoms. The molecule has 0 spiro atoms. The maximum atomic E-state index is 11.8. The Labute approximate surface area is 134 Å². The monoisotopic (exact) mass is 321 g/mol. The molecule has 0 aliphatic heterocycles. The summed E-state index contributed by atoms with van der Waals surface area (Å²) >= 11 is 0. The number of hydrogen-bond acceptors (Lipinski definition) is 6. The molecule has 0 aliphatic rings. The zero-order valence-corrected chi connectivity index (χ0v) is 13.4. The van der Waals surface area contributed by atoms with Gasteiger partial charge in [0.15, 0.2) is 23.3 Å². The lowest BCUT2D eigenvalue weighted by atomic mass is 10.1. The van der Waals surface area contributed by atoms with Crippen LogP contribution < -0.4 is 14.8 Å². The van der Waals surface area contributed by atoms with Gasteiger partial charge in [0.1, 0.15) is 0 Å². The molecule has 0 heterocycles. The van der Waals surface area contributed by atoms with E-state index >= 15 is 0 Å². The summed E-state index contributed by atoms with van der Waals surface area (Å²) in [5.74, 6) is -0.830. The van der Waals surface area contributed by atoms with Gasteiger partial charge in [-0.1, -0.05) is 6.07 Å². The SMILES string of the molecule is COC(=O)C(NC(=O)/C=C/c1ccc(OC)c(OC)c1)C(C)=O. The summed E-state index contributed by atoms with van der Waals surface area (Å²) in [6.07, 6.45) is 2.73. The van der Waals surface area contributed by atoms with E-state index in [1.54, 1.807) is 18.2 Å². The van der Waals surface area contributed by atoms with E-state index in [4.69, 9.17) is 9.47 Å². The van der Waals surface area contributed by atoms with E-state index in [0.29, 0.717) is 17.1 Å². The number of benzene rings is 1. The van der Waals surface area contributed by atoms with E-state index in [-0.39, 0.29) is 0 Å². The van der Waals surface area contributed by atoms with Crippen LogP contribution in [0.25, 0.3) is 6.08 Å². The molecule has 1 atom stereocenters. The van der Waals surface area contributed by atoms with E-state index in [1.807, 2.05) is 0 Å². The molecular formula is C16H19NO6. The average Bonchev–Trinajstić information content (AvgIpc) is 2.56. The number of amides is 1. The number of rotatable bonds is 7. The minimum absolute atomic E-state index is 0.510. The molecule has 124 valence electrons. The van der Waals surface area contributed by atoms with Gasteiger partial charge in [-0.3, -0.25) is 9.59 Å². The second-order valence-corrected chi connectivity index (χ2v) is 4.52. The van der Waals surface area contributed by atoms with Gasteiger partial charge in [-0.25, -0.2) is 4.79 Å². The minimum atomic E-state index is -1.32. The first kappa shape index (κ1) is 18.2. The number of esters is 1. The fourth-order valence-electron chi connectivity index (χ4n) is 1.76. The molecule has 0 fully saturated rings. The highest BCUT2D eigenvalue weighted by molar-refractivity contribution is 6.06. The van der Waals surface area contributed by atoms with Crippen LogP contribution in [0.3, 0.4) is 0 Å². The Balaban J connectivity index is 2.82. The van der Waals surface area contributed by atoms with Gasteiger partial charge in [0.05, 0.1) is 21.3 Å². The van der Waals surface area contributed by atoms with E-state index < -0.39 is 23.7 Å². The Bertz CT molecular complexity index is 623. The molecule has 0 radical (unpaired) electrons. The van der Waals surface area contributed by atoms with Crippen LogP contribution in [-0.4, -0.2) is 45.0 Å². The standard InChI is InChI=1S/C16H19NO6/c1-10(18)15(16(20)23-4)17-14(19)8-6-11-5-7-12(21-2)13(9-11)22-3/h5-9,15H,1-4H3,(H,17,19)/b8-6+. The van der Waals surface area contributed by atoms with Crippen molar-refractivity contribution < 1.29 is 28.6 Å². The number of nitrogens with one attached hydrogen (secondary N) is 1. The quantitative estimate of drug-likeness (QED) is 0.457. The van der Waals surface area contributed by atoms with Crippen LogP contribution in [0.1, 0.15) is 12.5 Å². The molecule has 1 aromatic rings. The third kappa shape index (κ3) is 5.14. The molecule has 7 nitrogen and oxygen atoms in total. The van der Waals surface area contributed by atoms with Crippen LogP contribution in [0.4, 0.5) is 0 Å². The summed E-state index contributed by atoms with van der Waals surface area (Å²) in [7, 11) is 4.17. The Hall–Kier alpha value is -2.83. The van der Waals surface area contributed by atoms with E-state index in [1.165, 1.54) is 33.3 Å². The first-order valence-electron chi connectivity index (χ1n) is 6.71. The second kappa shape index (κ2) is 8.57. The van der Waals surface area contributed by atoms with Gasteiger partial charge < -0.3 is 19.5 Å². The number of ether oxygens (including phenoxy) is 3. The zero-order valence-electron chi connectivity index (χ0n) is 13.4. The number of Topliss-reactive ketones (excluding diaryl/α,β-unsaturated/α-hetero) is 1. The van der Waals surface area contributed by atoms with Gasteiger partial charge in [-0.15, -0.1) is 0 Å². The van der Waals surface area contributed by atoms with Gasteiger partial charge >= 0.3 is 5.97 Å². The molecule has 0 saturated carbocycles. The number of methoxy groups -OCH3 is 3. The van der Waals surface area contributed by atoms with Crippen molar-refractivity contribution in [3.8, 4) is 11.5 Å². The molecule has 1 unspecified atom stereocenters. The summed E-state index contributed by atoms with van der Waals surface area (Å²) in [5, 5.41) is 2.28. The normalized spacial score (nSPS) is 11.7. The average molecular weight is 321 g/mol. The van der Waals surface area contributed by atoms with Crippen molar-refractivity contribution in [3.05, 3.63) is 29.8 Å². The molecule has 1 aromatic carbocycles. The van der Waals surface area contributed by atoms with Crippen LogP contribution in [0.2, 0.25) is 0 Å². The van der Waals surface area contributed by atoms with Crippen LogP contribution >= 0.6 is 0 Å². The predicted octanol–water partition coefficient (Wildman–Crippen LogP) is 0.964. The van der Waals surface area contributed by atoms with Crippen LogP contribution in [0.15, 0.2) is 24.3 Å². The van der Waals surface area contributed by atoms with Gasteiger partial charge in [0, 0.05) is 6.08 Å². The maximum Gasteiger partial charge on any atom is 0.336 e. The summed E-state index contributed by atoms with van der Waals surface area (Å²) < 4.78 is 14.7. The van der Waals surface area contributed by atoms with Gasteiger partial charge in [0.2, 0.25) is 5.91 Å². The number of ketones is 1. The predicted molar refractivity (Wildman–Crippen MR) is 83.2 cm³/mol. The van der Waals surface area contributed by atoms with Crippen molar-refractivity contribution in [1.29, 1.82) is 0 Å². The van der Waals surface area contributed by atoms with Crippen molar-refractivity contribution in [2.45, 2.75) is 13.0 Å². The van der Waals surface area contributed by atoms with Crippen molar-refractivity contribution in [2.75, 3.05) is 21.3 Å². The van der Waals surface area contributed by atoms with Gasteiger partial charge in [-0.05, 0) is 30.7 Å². The van der Waals surface area contributed by atoms with Crippen molar-refractivity contribution in [2.24, 2.45) is 0 Å². The first-order valence-corrected chi connectivity index (χ1v) is 6.71. The summed E-state index contributed by atoms with van der Waals surface area (Å²) in [6, 6.07) is 3.80. The van der Waals surface area contributed by atoms with Crippen molar-refractivity contribution in [3.63, 3.8) is 0 Å². The highest BCUT2D eigenvalue weighted by Crippen LogP contribution is 2.27. The topological polar surface area (TPSA) is 90.9 Å².